The molecule has 2 aliphatic rings. The number of anilines is 7. The van der Waals surface area contributed by atoms with Crippen LogP contribution in [0, 0.1) is 0 Å². The zero-order valence-electron chi connectivity index (χ0n) is 52.7. The summed E-state index contributed by atoms with van der Waals surface area (Å²) in [6, 6.07) is 65.7. The van der Waals surface area contributed by atoms with Crippen molar-refractivity contribution in [3.05, 3.63) is 216 Å². The average Bonchev–Trinajstić information content (AvgIpc) is 2.60. The average molecular weight is 1100 g/mol. The van der Waals surface area contributed by atoms with E-state index in [9.17, 15) is 0 Å². The van der Waals surface area contributed by atoms with Crippen LogP contribution in [-0.2, 0) is 32.5 Å². The number of hydrogen-bond donors (Lipinski definition) is 0. The van der Waals surface area contributed by atoms with Crippen LogP contribution >= 0.6 is 0 Å². The summed E-state index contributed by atoms with van der Waals surface area (Å²) >= 11 is 0. The molecular formula is C78H86N4O. The van der Waals surface area contributed by atoms with Gasteiger partial charge in [0.2, 0.25) is 0 Å². The van der Waals surface area contributed by atoms with Crippen molar-refractivity contribution in [1.82, 2.24) is 4.98 Å². The minimum Gasteiger partial charge on any atom is -0.457 e. The maximum absolute atomic E-state index is 7.10. The van der Waals surface area contributed by atoms with Gasteiger partial charge >= 0.3 is 0 Å². The lowest BCUT2D eigenvalue weighted by Gasteiger charge is -2.34. The zero-order chi connectivity index (χ0) is 59.3. The van der Waals surface area contributed by atoms with E-state index in [4.69, 9.17) is 9.72 Å². The Balaban J connectivity index is 1.09. The lowest BCUT2D eigenvalue weighted by atomic mass is 9.74. The van der Waals surface area contributed by atoms with Gasteiger partial charge in [0.25, 0.3) is 0 Å². The van der Waals surface area contributed by atoms with Gasteiger partial charge in [-0.15, -0.1) is 0 Å². The number of nitrogens with zero attached hydrogens (tertiary/aromatic N) is 4. The summed E-state index contributed by atoms with van der Waals surface area (Å²) in [5.41, 5.74) is 23.6. The third-order valence-corrected chi connectivity index (χ3v) is 17.0. The molecule has 9 aromatic rings. The Bertz CT molecular complexity index is 3850. The van der Waals surface area contributed by atoms with Crippen LogP contribution in [0.2, 0.25) is 0 Å². The molecule has 0 bridgehead atoms. The van der Waals surface area contributed by atoms with E-state index >= 15 is 0 Å². The van der Waals surface area contributed by atoms with Crippen LogP contribution in [0.15, 0.2) is 182 Å². The molecule has 0 saturated carbocycles. The van der Waals surface area contributed by atoms with E-state index in [0.29, 0.717) is 6.67 Å². The molecule has 0 amide bonds. The van der Waals surface area contributed by atoms with Gasteiger partial charge < -0.3 is 14.5 Å². The second-order valence-corrected chi connectivity index (χ2v) is 29.5. The molecular weight excluding hydrogens is 1010 g/mol. The molecule has 83 heavy (non-hydrogen) atoms. The van der Waals surface area contributed by atoms with Crippen molar-refractivity contribution >= 4 is 39.9 Å². The predicted molar refractivity (Wildman–Crippen MR) is 355 cm³/mol. The first-order chi connectivity index (χ1) is 38.9. The lowest BCUT2D eigenvalue weighted by Crippen LogP contribution is -2.26. The normalized spacial score (nSPS) is 13.8. The number of fused-ring (bicyclic) bond motifs is 6. The van der Waals surface area contributed by atoms with Crippen molar-refractivity contribution in [3.8, 4) is 56.0 Å². The second kappa shape index (κ2) is 20.5. The molecule has 0 fully saturated rings. The maximum Gasteiger partial charge on any atom is 0.137 e. The van der Waals surface area contributed by atoms with Crippen molar-refractivity contribution in [2.75, 3.05) is 21.4 Å². The molecule has 0 spiro atoms. The van der Waals surface area contributed by atoms with Gasteiger partial charge in [0.05, 0.1) is 28.4 Å². The van der Waals surface area contributed by atoms with Gasteiger partial charge in [-0.1, -0.05) is 222 Å². The molecule has 11 rings (SSSR count). The summed E-state index contributed by atoms with van der Waals surface area (Å²) in [7, 11) is 0. The quantitative estimate of drug-likeness (QED) is 0.159. The Morgan fingerprint density at radius 2 is 0.783 bits per heavy atom. The Morgan fingerprint density at radius 3 is 1.31 bits per heavy atom. The van der Waals surface area contributed by atoms with E-state index in [1.54, 1.807) is 0 Å². The maximum atomic E-state index is 7.10. The van der Waals surface area contributed by atoms with Crippen LogP contribution in [0.5, 0.6) is 11.5 Å². The van der Waals surface area contributed by atoms with E-state index in [1.807, 2.05) is 6.20 Å². The largest absolute Gasteiger partial charge is 0.457 e. The number of para-hydroxylation sites is 3. The highest BCUT2D eigenvalue weighted by molar-refractivity contribution is 6.03. The summed E-state index contributed by atoms with van der Waals surface area (Å²) in [6.45, 7) is 42.7. The second-order valence-electron chi connectivity index (χ2n) is 29.5. The Kier molecular flexibility index (Phi) is 14.0. The fourth-order valence-corrected chi connectivity index (χ4v) is 12.2. The lowest BCUT2D eigenvalue weighted by molar-refractivity contribution is 0.483. The highest BCUT2D eigenvalue weighted by Crippen LogP contribution is 2.56. The van der Waals surface area contributed by atoms with Crippen molar-refractivity contribution < 1.29 is 4.74 Å². The SMILES string of the molecule is CC(C)(C)c1ccnc(N2c3ccccc3-c3ccccc3-c3ccc(Oc4cccc(N5CN(c6c(-c7cc(C(C)(C)C)ccc7C(C)(C)C)cc(C(C)(C)C)cc6-c6cc(C(C)(C)C)ccc6C(C)(C)C)c6ccccc65)c4)cc32)c1. The van der Waals surface area contributed by atoms with Crippen LogP contribution < -0.4 is 19.4 Å². The summed E-state index contributed by atoms with van der Waals surface area (Å²) in [5, 5.41) is 0. The van der Waals surface area contributed by atoms with Crippen molar-refractivity contribution in [2.24, 2.45) is 0 Å². The molecule has 424 valence electrons. The molecule has 5 heteroatoms. The smallest absolute Gasteiger partial charge is 0.137 e. The molecule has 8 aromatic carbocycles. The first kappa shape index (κ1) is 56.9. The van der Waals surface area contributed by atoms with Gasteiger partial charge in [-0.25, -0.2) is 4.98 Å². The number of benzene rings is 8. The third-order valence-electron chi connectivity index (χ3n) is 17.0. The van der Waals surface area contributed by atoms with E-state index in [-0.39, 0.29) is 32.5 Å². The van der Waals surface area contributed by atoms with E-state index in [2.05, 4.69) is 315 Å². The molecule has 3 heterocycles. The zero-order valence-corrected chi connectivity index (χ0v) is 52.7. The minimum atomic E-state index is -0.150. The first-order valence-corrected chi connectivity index (χ1v) is 30.0. The van der Waals surface area contributed by atoms with Gasteiger partial charge in [0, 0.05) is 46.3 Å². The number of aromatic nitrogens is 1. The van der Waals surface area contributed by atoms with Crippen molar-refractivity contribution in [3.63, 3.8) is 0 Å². The van der Waals surface area contributed by atoms with Crippen molar-refractivity contribution in [2.45, 2.75) is 157 Å². The monoisotopic (exact) mass is 1090 g/mol. The topological polar surface area (TPSA) is 31.8 Å². The first-order valence-electron chi connectivity index (χ1n) is 30.0. The number of hydrogen-bond acceptors (Lipinski definition) is 5. The fourth-order valence-electron chi connectivity index (χ4n) is 12.2. The van der Waals surface area contributed by atoms with Gasteiger partial charge in [-0.05, 0) is 155 Å². The molecule has 0 atom stereocenters. The van der Waals surface area contributed by atoms with Crippen LogP contribution in [0.4, 0.5) is 39.9 Å². The van der Waals surface area contributed by atoms with Crippen LogP contribution in [0.25, 0.3) is 44.5 Å². The Labute approximate surface area is 497 Å². The van der Waals surface area contributed by atoms with Crippen molar-refractivity contribution in [1.29, 1.82) is 0 Å². The summed E-state index contributed by atoms with van der Waals surface area (Å²) in [6.07, 6.45) is 1.95. The van der Waals surface area contributed by atoms with Gasteiger partial charge in [-0.2, -0.15) is 0 Å². The predicted octanol–water partition coefficient (Wildman–Crippen LogP) is 22.4. The van der Waals surface area contributed by atoms with E-state index < -0.39 is 0 Å². The van der Waals surface area contributed by atoms with Gasteiger partial charge in [0.1, 0.15) is 24.0 Å². The molecule has 0 saturated heterocycles. The summed E-state index contributed by atoms with van der Waals surface area (Å²) < 4.78 is 7.10. The Morgan fingerprint density at radius 1 is 0.325 bits per heavy atom. The molecule has 1 aromatic heterocycles. The van der Waals surface area contributed by atoms with Crippen LogP contribution in [-0.4, -0.2) is 11.7 Å². The standard InChI is InChI=1S/C78H86N4O/c1-73(2,3)50-34-38-65(77(13,14)15)61(42-50)63-44-53(76(10,11)12)45-64(62-43-51(74(4,5)6)35-39-66(62)78(16,17)18)72(63)81-49-80(68-32-23-24-33-69(68)81)54-26-25-27-55(47-54)83-56-36-37-60-58-29-20-19-28-57(58)59-30-21-22-31-67(59)82(70(60)48-56)71-46-52(40-41-79-71)75(7,8)9/h19-48H,49H2,1-18H3. The highest BCUT2D eigenvalue weighted by Gasteiger charge is 2.37. The van der Waals surface area contributed by atoms with Crippen LogP contribution in [0.1, 0.15) is 158 Å². The number of ether oxygens (including phenoxy) is 1. The molecule has 0 N–H and O–H groups in total. The molecule has 5 nitrogen and oxygen atoms in total. The third kappa shape index (κ3) is 10.9. The van der Waals surface area contributed by atoms with Gasteiger partial charge in [0.15, 0.2) is 0 Å². The fraction of sp³-hybridized carbons (Fsp3) is 0.321. The van der Waals surface area contributed by atoms with E-state index in [1.165, 1.54) is 72.4 Å². The summed E-state index contributed by atoms with van der Waals surface area (Å²) in [5.74, 6) is 2.36. The minimum absolute atomic E-state index is 0.0652. The highest BCUT2D eigenvalue weighted by atomic mass is 16.5. The van der Waals surface area contributed by atoms with E-state index in [0.717, 1.165) is 56.9 Å². The van der Waals surface area contributed by atoms with Crippen LogP contribution in [0.3, 0.4) is 0 Å². The summed E-state index contributed by atoms with van der Waals surface area (Å²) in [4.78, 5) is 12.5. The number of pyridine rings is 1. The molecule has 0 unspecified atom stereocenters. The molecule has 2 aliphatic heterocycles. The van der Waals surface area contributed by atoms with Gasteiger partial charge in [-0.3, -0.25) is 4.90 Å². The molecule has 0 aliphatic carbocycles. The number of rotatable bonds is 7. The Hall–Kier alpha value is -7.89. The molecule has 0 radical (unpaired) electrons.